The van der Waals surface area contributed by atoms with Gasteiger partial charge in [0.1, 0.15) is 5.75 Å². The van der Waals surface area contributed by atoms with Crippen molar-refractivity contribution in [1.82, 2.24) is 0 Å². The maximum Gasteiger partial charge on any atom is 0.119 e. The smallest absolute Gasteiger partial charge is 0.119 e. The lowest BCUT2D eigenvalue weighted by Gasteiger charge is -2.09. The topological polar surface area (TPSA) is 21.3 Å². The fraction of sp³-hybridized carbons (Fsp3) is 0.273. The van der Waals surface area contributed by atoms with Crippen LogP contribution in [0, 0.1) is 6.92 Å². The van der Waals surface area contributed by atoms with Gasteiger partial charge in [-0.3, -0.25) is 0 Å². The number of hydrogen-bond donors (Lipinski definition) is 1. The summed E-state index contributed by atoms with van der Waals surface area (Å²) in [7, 11) is 1.66. The van der Waals surface area contributed by atoms with Gasteiger partial charge in [-0.1, -0.05) is 18.2 Å². The van der Waals surface area contributed by atoms with Gasteiger partial charge in [0.2, 0.25) is 0 Å². The molecule has 0 fully saturated rings. The molecular weight excluding hydrogens is 198 g/mol. The zero-order valence-electron chi connectivity index (χ0n) is 8.43. The van der Waals surface area contributed by atoms with E-state index < -0.39 is 0 Å². The van der Waals surface area contributed by atoms with E-state index in [-0.39, 0.29) is 0 Å². The van der Waals surface area contributed by atoms with Crippen molar-refractivity contribution in [1.29, 1.82) is 0 Å². The predicted octanol–water partition coefficient (Wildman–Crippen LogP) is 3.17. The summed E-state index contributed by atoms with van der Waals surface area (Å²) in [5.41, 5.74) is 2.18. The van der Waals surface area contributed by atoms with E-state index in [1.165, 1.54) is 0 Å². The summed E-state index contributed by atoms with van der Waals surface area (Å²) in [6, 6.07) is 5.85. The Hall–Kier alpha value is -1.15. The van der Waals surface area contributed by atoms with E-state index in [0.717, 1.165) is 17.0 Å². The van der Waals surface area contributed by atoms with E-state index in [4.69, 9.17) is 16.3 Å². The Morgan fingerprint density at radius 3 is 2.79 bits per heavy atom. The van der Waals surface area contributed by atoms with E-state index in [1.807, 2.05) is 25.1 Å². The SMILES string of the molecule is C=C(Cl)CNc1ccc(OC)cc1C. The van der Waals surface area contributed by atoms with E-state index in [2.05, 4.69) is 11.9 Å². The largest absolute Gasteiger partial charge is 0.497 e. The maximum atomic E-state index is 5.66. The highest BCUT2D eigenvalue weighted by molar-refractivity contribution is 6.29. The molecule has 0 atom stereocenters. The molecule has 0 radical (unpaired) electrons. The summed E-state index contributed by atoms with van der Waals surface area (Å²) in [5, 5.41) is 3.77. The standard InChI is InChI=1S/C11H14ClNO/c1-8-6-10(14-3)4-5-11(8)13-7-9(2)12/h4-6,13H,2,7H2,1,3H3. The third-order valence-corrected chi connectivity index (χ3v) is 2.04. The van der Waals surface area contributed by atoms with Crippen LogP contribution >= 0.6 is 11.6 Å². The average molecular weight is 212 g/mol. The van der Waals surface area contributed by atoms with Gasteiger partial charge in [-0.05, 0) is 30.7 Å². The van der Waals surface area contributed by atoms with Crippen molar-refractivity contribution < 1.29 is 4.74 Å². The molecule has 0 saturated carbocycles. The van der Waals surface area contributed by atoms with Gasteiger partial charge >= 0.3 is 0 Å². The van der Waals surface area contributed by atoms with Crippen LogP contribution in [0.1, 0.15) is 5.56 Å². The van der Waals surface area contributed by atoms with E-state index in [9.17, 15) is 0 Å². The summed E-state index contributed by atoms with van der Waals surface area (Å²) in [4.78, 5) is 0. The highest BCUT2D eigenvalue weighted by Crippen LogP contribution is 2.21. The third kappa shape index (κ3) is 2.96. The molecule has 1 N–H and O–H groups in total. The van der Waals surface area contributed by atoms with Crippen LogP contribution < -0.4 is 10.1 Å². The van der Waals surface area contributed by atoms with Crippen LogP contribution in [0.25, 0.3) is 0 Å². The van der Waals surface area contributed by atoms with Gasteiger partial charge in [0.25, 0.3) is 0 Å². The molecule has 1 aromatic rings. The van der Waals surface area contributed by atoms with Crippen molar-refractivity contribution in [3.63, 3.8) is 0 Å². The molecule has 0 aliphatic rings. The van der Waals surface area contributed by atoms with Crippen LogP contribution in [-0.2, 0) is 0 Å². The van der Waals surface area contributed by atoms with Gasteiger partial charge in [0, 0.05) is 10.7 Å². The number of hydrogen-bond acceptors (Lipinski definition) is 2. The molecular formula is C11H14ClNO. The first kappa shape index (κ1) is 10.9. The molecule has 0 bridgehead atoms. The van der Waals surface area contributed by atoms with Crippen molar-refractivity contribution in [2.24, 2.45) is 0 Å². The highest BCUT2D eigenvalue weighted by atomic mass is 35.5. The third-order valence-electron chi connectivity index (χ3n) is 1.90. The minimum Gasteiger partial charge on any atom is -0.497 e. The fourth-order valence-corrected chi connectivity index (χ4v) is 1.22. The lowest BCUT2D eigenvalue weighted by Crippen LogP contribution is -2.02. The molecule has 1 rings (SSSR count). The minimum absolute atomic E-state index is 0.578. The number of halogens is 1. The number of anilines is 1. The monoisotopic (exact) mass is 211 g/mol. The average Bonchev–Trinajstić information content (AvgIpc) is 2.15. The Morgan fingerprint density at radius 1 is 1.57 bits per heavy atom. The second kappa shape index (κ2) is 4.91. The molecule has 0 aliphatic carbocycles. The van der Waals surface area contributed by atoms with Crippen molar-refractivity contribution in [3.05, 3.63) is 35.4 Å². The lowest BCUT2D eigenvalue weighted by molar-refractivity contribution is 0.414. The Balaban J connectivity index is 2.73. The van der Waals surface area contributed by atoms with Crippen LogP contribution in [-0.4, -0.2) is 13.7 Å². The molecule has 0 spiro atoms. The quantitative estimate of drug-likeness (QED) is 0.826. The molecule has 2 nitrogen and oxygen atoms in total. The Bertz CT molecular complexity index is 336. The normalized spacial score (nSPS) is 9.64. The number of nitrogens with one attached hydrogen (secondary N) is 1. The first-order valence-electron chi connectivity index (χ1n) is 4.35. The molecule has 0 heterocycles. The number of rotatable bonds is 4. The number of benzene rings is 1. The Morgan fingerprint density at radius 2 is 2.29 bits per heavy atom. The zero-order valence-corrected chi connectivity index (χ0v) is 9.19. The summed E-state index contributed by atoms with van der Waals surface area (Å²) in [6.45, 7) is 6.21. The van der Waals surface area contributed by atoms with Crippen LogP contribution in [0.15, 0.2) is 29.8 Å². The molecule has 0 unspecified atom stereocenters. The van der Waals surface area contributed by atoms with Crippen LogP contribution in [0.5, 0.6) is 5.75 Å². The van der Waals surface area contributed by atoms with Gasteiger partial charge in [0.15, 0.2) is 0 Å². The number of methoxy groups -OCH3 is 1. The molecule has 3 heteroatoms. The van der Waals surface area contributed by atoms with Crippen LogP contribution in [0.3, 0.4) is 0 Å². The van der Waals surface area contributed by atoms with Gasteiger partial charge < -0.3 is 10.1 Å². The van der Waals surface area contributed by atoms with Gasteiger partial charge in [-0.2, -0.15) is 0 Å². The number of ether oxygens (including phenoxy) is 1. The molecule has 0 aliphatic heterocycles. The van der Waals surface area contributed by atoms with Crippen LogP contribution in [0.4, 0.5) is 5.69 Å². The van der Waals surface area contributed by atoms with Gasteiger partial charge in [-0.15, -0.1) is 0 Å². The molecule has 14 heavy (non-hydrogen) atoms. The van der Waals surface area contributed by atoms with E-state index >= 15 is 0 Å². The lowest BCUT2D eigenvalue weighted by atomic mass is 10.2. The van der Waals surface area contributed by atoms with Crippen molar-refractivity contribution in [2.45, 2.75) is 6.92 Å². The summed E-state index contributed by atoms with van der Waals surface area (Å²) in [6.07, 6.45) is 0. The van der Waals surface area contributed by atoms with Crippen molar-refractivity contribution in [2.75, 3.05) is 19.0 Å². The molecule has 0 saturated heterocycles. The van der Waals surface area contributed by atoms with Crippen molar-refractivity contribution in [3.8, 4) is 5.75 Å². The molecule has 0 aromatic heterocycles. The van der Waals surface area contributed by atoms with E-state index in [0.29, 0.717) is 11.6 Å². The molecule has 0 amide bonds. The summed E-state index contributed by atoms with van der Waals surface area (Å²) >= 11 is 5.66. The van der Waals surface area contributed by atoms with Gasteiger partial charge in [-0.25, -0.2) is 0 Å². The minimum atomic E-state index is 0.578. The zero-order chi connectivity index (χ0) is 10.6. The Kier molecular flexibility index (Phi) is 3.84. The fourth-order valence-electron chi connectivity index (χ4n) is 1.15. The van der Waals surface area contributed by atoms with Crippen molar-refractivity contribution >= 4 is 17.3 Å². The van der Waals surface area contributed by atoms with E-state index in [1.54, 1.807) is 7.11 Å². The molecule has 1 aromatic carbocycles. The predicted molar refractivity (Wildman–Crippen MR) is 61.2 cm³/mol. The first-order valence-corrected chi connectivity index (χ1v) is 4.73. The molecule has 76 valence electrons. The summed E-state index contributed by atoms with van der Waals surface area (Å²) in [5.74, 6) is 0.859. The maximum absolute atomic E-state index is 5.66. The summed E-state index contributed by atoms with van der Waals surface area (Å²) < 4.78 is 5.10. The highest BCUT2D eigenvalue weighted by Gasteiger charge is 1.99. The number of aryl methyl sites for hydroxylation is 1. The Labute approximate surface area is 89.5 Å². The van der Waals surface area contributed by atoms with Crippen LogP contribution in [0.2, 0.25) is 0 Å². The second-order valence-electron chi connectivity index (χ2n) is 3.05. The second-order valence-corrected chi connectivity index (χ2v) is 3.59. The van der Waals surface area contributed by atoms with Gasteiger partial charge in [0.05, 0.1) is 13.7 Å². The first-order chi connectivity index (χ1) is 6.63.